The van der Waals surface area contributed by atoms with Crippen LogP contribution in [0.4, 0.5) is 0 Å². The summed E-state index contributed by atoms with van der Waals surface area (Å²) >= 11 is 0. The highest BCUT2D eigenvalue weighted by Gasteiger charge is 2.32. The highest BCUT2D eigenvalue weighted by molar-refractivity contribution is 5.77. The molecule has 0 radical (unpaired) electrons. The summed E-state index contributed by atoms with van der Waals surface area (Å²) in [5, 5.41) is 0. The van der Waals surface area contributed by atoms with E-state index >= 15 is 0 Å². The molecule has 3 rings (SSSR count). The third-order valence-corrected chi connectivity index (χ3v) is 6.69. The first-order valence-electron chi connectivity index (χ1n) is 15.0. The number of rotatable bonds is 22. The van der Waals surface area contributed by atoms with Gasteiger partial charge in [-0.05, 0) is 74.2 Å². The van der Waals surface area contributed by atoms with Crippen LogP contribution in [0.1, 0.15) is 25.7 Å². The lowest BCUT2D eigenvalue weighted by molar-refractivity contribution is -0.145. The lowest BCUT2D eigenvalue weighted by Crippen LogP contribution is -2.30. The Balaban J connectivity index is 1.28. The van der Waals surface area contributed by atoms with Crippen molar-refractivity contribution in [2.24, 2.45) is 11.8 Å². The van der Waals surface area contributed by atoms with Crippen molar-refractivity contribution < 1.29 is 47.5 Å². The van der Waals surface area contributed by atoms with Gasteiger partial charge in [0.2, 0.25) is 0 Å². The van der Waals surface area contributed by atoms with Gasteiger partial charge in [-0.2, -0.15) is 0 Å². The Morgan fingerprint density at radius 3 is 1.20 bits per heavy atom. The molecule has 1 aliphatic carbocycles. The predicted octanol–water partition coefficient (Wildman–Crippen LogP) is 5.20. The highest BCUT2D eigenvalue weighted by Crippen LogP contribution is 2.32. The molecule has 0 aliphatic heterocycles. The van der Waals surface area contributed by atoms with Gasteiger partial charge in [-0.1, -0.05) is 12.2 Å². The molecule has 1 aliphatic rings. The Morgan fingerprint density at radius 1 is 0.523 bits per heavy atom. The molecule has 1 saturated carbocycles. The molecular formula is C34H44O10. The standard InChI is InChI=1S/C34H44O10/c1-3-17-37-19-21-39-23-25-41-29-9-13-31(14-10-29)43-33(35)27-5-7-28(8-6-27)34(36)44-32-15-11-30(12-16-32)42-26-24-40-22-20-38-18-4-2/h3-4,9-16,27-28H,1-2,5-8,17-26H2. The maximum Gasteiger partial charge on any atom is 0.314 e. The minimum Gasteiger partial charge on any atom is -0.491 e. The number of ether oxygens (including phenoxy) is 8. The highest BCUT2D eigenvalue weighted by atomic mass is 16.6. The average molecular weight is 613 g/mol. The molecule has 2 aromatic rings. The quantitative estimate of drug-likeness (QED) is 0.0762. The van der Waals surface area contributed by atoms with Crippen molar-refractivity contribution in [3.05, 3.63) is 73.8 Å². The second-order valence-corrected chi connectivity index (χ2v) is 9.98. The molecule has 0 spiro atoms. The van der Waals surface area contributed by atoms with Gasteiger partial charge in [-0.15, -0.1) is 13.2 Å². The van der Waals surface area contributed by atoms with Crippen molar-refractivity contribution >= 4 is 11.9 Å². The molecule has 44 heavy (non-hydrogen) atoms. The average Bonchev–Trinajstić information content (AvgIpc) is 3.05. The van der Waals surface area contributed by atoms with Crippen LogP contribution < -0.4 is 18.9 Å². The first kappa shape index (κ1) is 34.8. The first-order chi connectivity index (χ1) is 21.6. The van der Waals surface area contributed by atoms with E-state index in [4.69, 9.17) is 37.9 Å². The van der Waals surface area contributed by atoms with Gasteiger partial charge >= 0.3 is 11.9 Å². The Morgan fingerprint density at radius 2 is 0.841 bits per heavy atom. The van der Waals surface area contributed by atoms with Gasteiger partial charge in [-0.3, -0.25) is 9.59 Å². The SMILES string of the molecule is C=CCOCCOCCOc1ccc(OC(=O)C2CCC(C(=O)Oc3ccc(OCCOCCOCC=C)cc3)CC2)cc1. The lowest BCUT2D eigenvalue weighted by Gasteiger charge is -2.25. The fraction of sp³-hybridized carbons (Fsp3) is 0.471. The van der Waals surface area contributed by atoms with E-state index in [1.165, 1.54) is 0 Å². The zero-order valence-corrected chi connectivity index (χ0v) is 25.3. The van der Waals surface area contributed by atoms with Gasteiger partial charge in [0.25, 0.3) is 0 Å². The van der Waals surface area contributed by atoms with Crippen molar-refractivity contribution in [1.82, 2.24) is 0 Å². The van der Waals surface area contributed by atoms with Crippen LogP contribution >= 0.6 is 0 Å². The number of esters is 2. The molecule has 0 N–H and O–H groups in total. The van der Waals surface area contributed by atoms with E-state index in [0.717, 1.165) is 0 Å². The van der Waals surface area contributed by atoms with Crippen molar-refractivity contribution in [1.29, 1.82) is 0 Å². The summed E-state index contributed by atoms with van der Waals surface area (Å²) in [6.07, 6.45) is 5.64. The van der Waals surface area contributed by atoms with E-state index in [2.05, 4.69) is 13.2 Å². The summed E-state index contributed by atoms with van der Waals surface area (Å²) in [5.41, 5.74) is 0. The summed E-state index contributed by atoms with van der Waals surface area (Å²) in [6, 6.07) is 13.8. The summed E-state index contributed by atoms with van der Waals surface area (Å²) in [5.74, 6) is 1.11. The molecule has 10 heteroatoms. The van der Waals surface area contributed by atoms with Gasteiger partial charge in [0.1, 0.15) is 36.2 Å². The Bertz CT molecular complexity index is 1020. The zero-order valence-electron chi connectivity index (χ0n) is 25.3. The number of benzene rings is 2. The number of hydrogen-bond acceptors (Lipinski definition) is 10. The summed E-state index contributed by atoms with van der Waals surface area (Å²) in [6.45, 7) is 11.9. The number of hydrogen-bond donors (Lipinski definition) is 0. The molecule has 240 valence electrons. The van der Waals surface area contributed by atoms with Crippen molar-refractivity contribution in [2.75, 3.05) is 66.1 Å². The van der Waals surface area contributed by atoms with Gasteiger partial charge in [0.05, 0.1) is 64.7 Å². The van der Waals surface area contributed by atoms with Crippen LogP contribution in [0, 0.1) is 11.8 Å². The smallest absolute Gasteiger partial charge is 0.314 e. The zero-order chi connectivity index (χ0) is 31.2. The van der Waals surface area contributed by atoms with Gasteiger partial charge < -0.3 is 37.9 Å². The Hall–Kier alpha value is -3.70. The van der Waals surface area contributed by atoms with Crippen LogP contribution in [-0.2, 0) is 28.5 Å². The van der Waals surface area contributed by atoms with Crippen LogP contribution in [0.2, 0.25) is 0 Å². The fourth-order valence-corrected chi connectivity index (χ4v) is 4.38. The minimum atomic E-state index is -0.292. The summed E-state index contributed by atoms with van der Waals surface area (Å²) in [4.78, 5) is 25.4. The van der Waals surface area contributed by atoms with Crippen molar-refractivity contribution in [2.45, 2.75) is 25.7 Å². The monoisotopic (exact) mass is 612 g/mol. The maximum atomic E-state index is 12.7. The van der Waals surface area contributed by atoms with Crippen LogP contribution in [0.25, 0.3) is 0 Å². The van der Waals surface area contributed by atoms with Gasteiger partial charge in [-0.25, -0.2) is 0 Å². The molecule has 0 amide bonds. The molecule has 0 unspecified atom stereocenters. The number of carbonyl (C=O) groups excluding carboxylic acids is 2. The normalized spacial score (nSPS) is 16.1. The largest absolute Gasteiger partial charge is 0.491 e. The molecular weight excluding hydrogens is 568 g/mol. The van der Waals surface area contributed by atoms with E-state index < -0.39 is 0 Å². The van der Waals surface area contributed by atoms with E-state index in [1.807, 2.05) is 0 Å². The fourth-order valence-electron chi connectivity index (χ4n) is 4.38. The third-order valence-electron chi connectivity index (χ3n) is 6.69. The summed E-state index contributed by atoms with van der Waals surface area (Å²) in [7, 11) is 0. The van der Waals surface area contributed by atoms with E-state index in [0.29, 0.717) is 115 Å². The van der Waals surface area contributed by atoms with Crippen LogP contribution in [0.5, 0.6) is 23.0 Å². The predicted molar refractivity (Wildman–Crippen MR) is 164 cm³/mol. The topological polar surface area (TPSA) is 108 Å². The molecule has 0 atom stereocenters. The summed E-state index contributed by atoms with van der Waals surface area (Å²) < 4.78 is 43.8. The lowest BCUT2D eigenvalue weighted by atomic mass is 9.82. The van der Waals surface area contributed by atoms with Gasteiger partial charge in [0.15, 0.2) is 0 Å². The molecule has 0 aromatic heterocycles. The molecule has 1 fully saturated rings. The van der Waals surface area contributed by atoms with Crippen LogP contribution in [0.3, 0.4) is 0 Å². The Labute approximate surface area is 259 Å². The Kier molecular flexibility index (Phi) is 16.7. The van der Waals surface area contributed by atoms with E-state index in [9.17, 15) is 9.59 Å². The second-order valence-electron chi connectivity index (χ2n) is 9.98. The first-order valence-corrected chi connectivity index (χ1v) is 15.0. The molecule has 0 saturated heterocycles. The second kappa shape index (κ2) is 21.1. The van der Waals surface area contributed by atoms with Crippen molar-refractivity contribution in [3.8, 4) is 23.0 Å². The minimum absolute atomic E-state index is 0.261. The molecule has 2 aromatic carbocycles. The van der Waals surface area contributed by atoms with Crippen molar-refractivity contribution in [3.63, 3.8) is 0 Å². The molecule has 10 nitrogen and oxygen atoms in total. The van der Waals surface area contributed by atoms with Gasteiger partial charge in [0, 0.05) is 0 Å². The van der Waals surface area contributed by atoms with E-state index in [1.54, 1.807) is 60.7 Å². The number of carbonyl (C=O) groups is 2. The maximum absolute atomic E-state index is 12.7. The van der Waals surface area contributed by atoms with E-state index in [-0.39, 0.29) is 23.8 Å². The van der Waals surface area contributed by atoms with Crippen LogP contribution in [-0.4, -0.2) is 78.0 Å². The van der Waals surface area contributed by atoms with Crippen LogP contribution in [0.15, 0.2) is 73.8 Å². The molecule has 0 bridgehead atoms. The third kappa shape index (κ3) is 13.7. The molecule has 0 heterocycles.